The number of carbonyl (C=O) groups excluding carboxylic acids is 1. The number of nitrogens with zero attached hydrogens (tertiary/aromatic N) is 1. The van der Waals surface area contributed by atoms with Crippen molar-refractivity contribution in [1.82, 2.24) is 0 Å². The third-order valence-electron chi connectivity index (χ3n) is 3.87. The highest BCUT2D eigenvalue weighted by molar-refractivity contribution is 6.06. The maximum absolute atomic E-state index is 12.2. The van der Waals surface area contributed by atoms with E-state index in [0.29, 0.717) is 35.2 Å². The molecular formula is C22H23NO3. The lowest BCUT2D eigenvalue weighted by atomic mass is 10.1. The average molecular weight is 349 g/mol. The highest BCUT2D eigenvalue weighted by atomic mass is 16.5. The van der Waals surface area contributed by atoms with Crippen LogP contribution >= 0.6 is 0 Å². The second-order valence-corrected chi connectivity index (χ2v) is 6.33. The van der Waals surface area contributed by atoms with E-state index in [0.717, 1.165) is 12.0 Å². The average Bonchev–Trinajstić information content (AvgIpc) is 2.66. The minimum Gasteiger partial charge on any atom is -0.493 e. The molecule has 2 rings (SSSR count). The molecule has 0 unspecified atom stereocenters. The summed E-state index contributed by atoms with van der Waals surface area (Å²) in [6.07, 6.45) is 4.22. The zero-order valence-electron chi connectivity index (χ0n) is 15.4. The molecule has 0 aliphatic heterocycles. The molecule has 0 saturated heterocycles. The van der Waals surface area contributed by atoms with E-state index in [1.807, 2.05) is 24.3 Å². The molecule has 2 aromatic carbocycles. The minimum absolute atomic E-state index is 0.120. The fourth-order valence-electron chi connectivity index (χ4n) is 2.29. The Morgan fingerprint density at radius 3 is 2.50 bits per heavy atom. The molecule has 0 amide bonds. The summed E-state index contributed by atoms with van der Waals surface area (Å²) >= 11 is 0. The van der Waals surface area contributed by atoms with Gasteiger partial charge in [0.05, 0.1) is 25.3 Å². The van der Waals surface area contributed by atoms with Gasteiger partial charge in [0.1, 0.15) is 0 Å². The van der Waals surface area contributed by atoms with Crippen LogP contribution in [0.1, 0.15) is 41.8 Å². The Hall–Kier alpha value is -3.06. The van der Waals surface area contributed by atoms with Crippen LogP contribution in [0.25, 0.3) is 6.08 Å². The van der Waals surface area contributed by atoms with E-state index in [-0.39, 0.29) is 5.78 Å². The van der Waals surface area contributed by atoms with Gasteiger partial charge in [0.15, 0.2) is 17.3 Å². The second-order valence-electron chi connectivity index (χ2n) is 6.33. The summed E-state index contributed by atoms with van der Waals surface area (Å²) in [4.78, 5) is 12.2. The number of nitriles is 1. The Morgan fingerprint density at radius 2 is 1.88 bits per heavy atom. The fourth-order valence-corrected chi connectivity index (χ4v) is 2.29. The van der Waals surface area contributed by atoms with Gasteiger partial charge in [0, 0.05) is 5.56 Å². The van der Waals surface area contributed by atoms with Gasteiger partial charge < -0.3 is 9.47 Å². The van der Waals surface area contributed by atoms with E-state index >= 15 is 0 Å². The first-order valence-corrected chi connectivity index (χ1v) is 8.57. The predicted octanol–water partition coefficient (Wildman–Crippen LogP) is 4.89. The smallest absolute Gasteiger partial charge is 0.185 e. The van der Waals surface area contributed by atoms with Crippen LogP contribution in [-0.2, 0) is 0 Å². The summed E-state index contributed by atoms with van der Waals surface area (Å²) in [6, 6.07) is 14.2. The molecule has 0 bridgehead atoms. The van der Waals surface area contributed by atoms with E-state index in [1.165, 1.54) is 6.08 Å². The molecule has 4 heteroatoms. The number of methoxy groups -OCH3 is 1. The van der Waals surface area contributed by atoms with Gasteiger partial charge in [-0.15, -0.1) is 0 Å². The zero-order chi connectivity index (χ0) is 18.9. The van der Waals surface area contributed by atoms with Gasteiger partial charge >= 0.3 is 0 Å². The van der Waals surface area contributed by atoms with E-state index in [9.17, 15) is 4.79 Å². The van der Waals surface area contributed by atoms with Crippen molar-refractivity contribution in [1.29, 1.82) is 5.26 Å². The first kappa shape index (κ1) is 19.3. The highest BCUT2D eigenvalue weighted by Crippen LogP contribution is 2.29. The van der Waals surface area contributed by atoms with Crippen LogP contribution in [-0.4, -0.2) is 19.5 Å². The van der Waals surface area contributed by atoms with Crippen LogP contribution in [0.15, 0.2) is 48.5 Å². The van der Waals surface area contributed by atoms with Gasteiger partial charge in [0.25, 0.3) is 0 Å². The number of carbonyl (C=O) groups is 1. The van der Waals surface area contributed by atoms with Crippen molar-refractivity contribution < 1.29 is 14.3 Å². The molecule has 26 heavy (non-hydrogen) atoms. The van der Waals surface area contributed by atoms with Gasteiger partial charge in [-0.1, -0.05) is 26.0 Å². The van der Waals surface area contributed by atoms with Gasteiger partial charge in [-0.3, -0.25) is 4.79 Å². The van der Waals surface area contributed by atoms with Crippen LogP contribution in [0, 0.1) is 17.2 Å². The summed E-state index contributed by atoms with van der Waals surface area (Å²) in [7, 11) is 1.60. The number of benzene rings is 2. The highest BCUT2D eigenvalue weighted by Gasteiger charge is 2.06. The van der Waals surface area contributed by atoms with Crippen molar-refractivity contribution in [2.45, 2.75) is 20.3 Å². The molecule has 2 aromatic rings. The van der Waals surface area contributed by atoms with E-state index < -0.39 is 0 Å². The molecule has 0 radical (unpaired) electrons. The lowest BCUT2D eigenvalue weighted by molar-refractivity contribution is 0.104. The zero-order valence-corrected chi connectivity index (χ0v) is 15.4. The van der Waals surface area contributed by atoms with E-state index in [2.05, 4.69) is 13.8 Å². The first-order chi connectivity index (χ1) is 12.5. The second kappa shape index (κ2) is 9.43. The largest absolute Gasteiger partial charge is 0.493 e. The van der Waals surface area contributed by atoms with Gasteiger partial charge in [-0.2, -0.15) is 5.26 Å². The van der Waals surface area contributed by atoms with Crippen molar-refractivity contribution in [3.8, 4) is 17.6 Å². The topological polar surface area (TPSA) is 59.3 Å². The Morgan fingerprint density at radius 1 is 1.15 bits per heavy atom. The Kier molecular flexibility index (Phi) is 6.99. The van der Waals surface area contributed by atoms with Crippen LogP contribution < -0.4 is 9.47 Å². The summed E-state index contributed by atoms with van der Waals surface area (Å²) in [6.45, 7) is 4.94. The molecule has 0 N–H and O–H groups in total. The maximum Gasteiger partial charge on any atom is 0.185 e. The normalized spacial score (nSPS) is 10.7. The monoisotopic (exact) mass is 349 g/mol. The summed E-state index contributed by atoms with van der Waals surface area (Å²) < 4.78 is 11.2. The van der Waals surface area contributed by atoms with E-state index in [1.54, 1.807) is 37.5 Å². The van der Waals surface area contributed by atoms with Crippen molar-refractivity contribution in [3.05, 3.63) is 65.2 Å². The number of hydrogen-bond acceptors (Lipinski definition) is 4. The lowest BCUT2D eigenvalue weighted by Crippen LogP contribution is -2.02. The Labute approximate surface area is 154 Å². The molecular weight excluding hydrogens is 326 g/mol. The molecule has 0 aliphatic rings. The number of allylic oxidation sites excluding steroid dienone is 1. The van der Waals surface area contributed by atoms with Gasteiger partial charge in [-0.25, -0.2) is 0 Å². The van der Waals surface area contributed by atoms with Crippen molar-refractivity contribution in [2.24, 2.45) is 5.92 Å². The van der Waals surface area contributed by atoms with Gasteiger partial charge in [-0.05, 0) is 60.4 Å². The number of rotatable bonds is 8. The van der Waals surface area contributed by atoms with Crippen LogP contribution in [0.2, 0.25) is 0 Å². The van der Waals surface area contributed by atoms with E-state index in [4.69, 9.17) is 14.7 Å². The van der Waals surface area contributed by atoms with Crippen LogP contribution in [0.3, 0.4) is 0 Å². The predicted molar refractivity (Wildman–Crippen MR) is 102 cm³/mol. The van der Waals surface area contributed by atoms with Crippen molar-refractivity contribution >= 4 is 11.9 Å². The third kappa shape index (κ3) is 5.49. The SMILES string of the molecule is COc1cc(C=CC(=O)c2ccc(C#N)cc2)ccc1OCCC(C)C. The molecule has 4 nitrogen and oxygen atoms in total. The maximum atomic E-state index is 12.2. The third-order valence-corrected chi connectivity index (χ3v) is 3.87. The first-order valence-electron chi connectivity index (χ1n) is 8.57. The molecule has 0 aromatic heterocycles. The minimum atomic E-state index is -0.120. The quantitative estimate of drug-likeness (QED) is 0.503. The number of hydrogen-bond donors (Lipinski definition) is 0. The van der Waals surface area contributed by atoms with Crippen molar-refractivity contribution in [2.75, 3.05) is 13.7 Å². The molecule has 134 valence electrons. The molecule has 0 atom stereocenters. The summed E-state index contributed by atoms with van der Waals surface area (Å²) in [5.41, 5.74) is 1.92. The molecule has 0 spiro atoms. The number of ketones is 1. The lowest BCUT2D eigenvalue weighted by Gasteiger charge is -2.12. The van der Waals surface area contributed by atoms with Crippen molar-refractivity contribution in [3.63, 3.8) is 0 Å². The molecule has 0 aliphatic carbocycles. The fraction of sp³-hybridized carbons (Fsp3) is 0.273. The standard InChI is InChI=1S/C22H23NO3/c1-16(2)12-13-26-21-11-7-17(14-22(21)25-3)6-10-20(24)19-8-4-18(15-23)5-9-19/h4-11,14,16H,12-13H2,1-3H3. The summed E-state index contributed by atoms with van der Waals surface area (Å²) in [5.74, 6) is 1.80. The van der Waals surface area contributed by atoms with Crippen LogP contribution in [0.5, 0.6) is 11.5 Å². The number of ether oxygens (including phenoxy) is 2. The molecule has 0 saturated carbocycles. The molecule has 0 heterocycles. The molecule has 0 fully saturated rings. The van der Waals surface area contributed by atoms with Gasteiger partial charge in [0.2, 0.25) is 0 Å². The Balaban J connectivity index is 2.07. The summed E-state index contributed by atoms with van der Waals surface area (Å²) in [5, 5.41) is 8.80. The Bertz CT molecular complexity index is 814. The van der Waals surface area contributed by atoms with Crippen LogP contribution in [0.4, 0.5) is 0 Å².